The van der Waals surface area contributed by atoms with Crippen LogP contribution in [0.15, 0.2) is 54.7 Å². The van der Waals surface area contributed by atoms with Gasteiger partial charge in [-0.05, 0) is 60.1 Å². The summed E-state index contributed by atoms with van der Waals surface area (Å²) in [5.74, 6) is 1.51. The van der Waals surface area contributed by atoms with Gasteiger partial charge in [-0.25, -0.2) is 4.98 Å². The number of hydrogen-bond donors (Lipinski definition) is 2. The van der Waals surface area contributed by atoms with E-state index in [0.29, 0.717) is 22.9 Å². The van der Waals surface area contributed by atoms with Crippen molar-refractivity contribution in [2.75, 3.05) is 0 Å². The molecule has 1 aliphatic carbocycles. The van der Waals surface area contributed by atoms with E-state index in [1.54, 1.807) is 12.1 Å². The molecule has 1 fully saturated rings. The predicted octanol–water partition coefficient (Wildman–Crippen LogP) is 6.21. The molecule has 33 heavy (non-hydrogen) atoms. The number of nitrogens with two attached hydrogens (primary N) is 1. The maximum atomic E-state index is 11.3. The van der Waals surface area contributed by atoms with Crippen molar-refractivity contribution in [2.45, 2.75) is 65.5 Å². The van der Waals surface area contributed by atoms with Gasteiger partial charge < -0.3 is 15.8 Å². The Morgan fingerprint density at radius 2 is 1.79 bits per heavy atom. The Morgan fingerprint density at radius 3 is 2.45 bits per heavy atom. The third kappa shape index (κ3) is 5.36. The molecule has 0 radical (unpaired) electrons. The average molecular weight is 446 g/mol. The lowest BCUT2D eigenvalue weighted by Crippen LogP contribution is -2.36. The SMILES string of the molecule is CCC(C)(C)C1CCC(NCc2cccc3c(Oc4ccc(C(N)=O)cn4)cccc23)CC1. The molecular formula is C28H35N3O2. The van der Waals surface area contributed by atoms with Crippen LogP contribution >= 0.6 is 0 Å². The second-order valence-corrected chi connectivity index (χ2v) is 9.89. The first kappa shape index (κ1) is 23.2. The average Bonchev–Trinajstić information content (AvgIpc) is 2.83. The molecule has 0 saturated heterocycles. The minimum atomic E-state index is -0.501. The monoisotopic (exact) mass is 445 g/mol. The van der Waals surface area contributed by atoms with Crippen LogP contribution in [0.25, 0.3) is 10.8 Å². The van der Waals surface area contributed by atoms with Crippen LogP contribution in [0.3, 0.4) is 0 Å². The van der Waals surface area contributed by atoms with Crippen LogP contribution < -0.4 is 15.8 Å². The number of nitrogens with one attached hydrogen (secondary N) is 1. The fourth-order valence-corrected chi connectivity index (χ4v) is 4.91. The predicted molar refractivity (Wildman–Crippen MR) is 133 cm³/mol. The number of carbonyl (C=O) groups is 1. The van der Waals surface area contributed by atoms with E-state index in [1.807, 2.05) is 12.1 Å². The van der Waals surface area contributed by atoms with Gasteiger partial charge in [0.25, 0.3) is 0 Å². The number of ether oxygens (including phenoxy) is 1. The Labute approximate surface area is 196 Å². The Morgan fingerprint density at radius 1 is 1.06 bits per heavy atom. The lowest BCUT2D eigenvalue weighted by atomic mass is 9.69. The van der Waals surface area contributed by atoms with E-state index in [9.17, 15) is 4.79 Å². The molecule has 1 aliphatic rings. The van der Waals surface area contributed by atoms with Crippen molar-refractivity contribution in [2.24, 2.45) is 17.1 Å². The highest BCUT2D eigenvalue weighted by molar-refractivity contribution is 5.92. The largest absolute Gasteiger partial charge is 0.438 e. The van der Waals surface area contributed by atoms with Crippen molar-refractivity contribution in [3.8, 4) is 11.6 Å². The molecule has 0 unspecified atom stereocenters. The summed E-state index contributed by atoms with van der Waals surface area (Å²) in [7, 11) is 0. The number of amides is 1. The zero-order valence-corrected chi connectivity index (χ0v) is 19.9. The molecule has 1 heterocycles. The maximum absolute atomic E-state index is 11.3. The summed E-state index contributed by atoms with van der Waals surface area (Å²) in [6.45, 7) is 8.00. The molecule has 0 aliphatic heterocycles. The summed E-state index contributed by atoms with van der Waals surface area (Å²) >= 11 is 0. The van der Waals surface area contributed by atoms with E-state index in [2.05, 4.69) is 55.3 Å². The van der Waals surface area contributed by atoms with Crippen LogP contribution in [0, 0.1) is 11.3 Å². The van der Waals surface area contributed by atoms with E-state index in [-0.39, 0.29) is 0 Å². The van der Waals surface area contributed by atoms with Crippen LogP contribution in [-0.4, -0.2) is 16.9 Å². The Kier molecular flexibility index (Phi) is 6.99. The van der Waals surface area contributed by atoms with Crippen molar-refractivity contribution in [1.82, 2.24) is 10.3 Å². The molecule has 0 spiro atoms. The van der Waals surface area contributed by atoms with Crippen LogP contribution in [0.4, 0.5) is 0 Å². The molecule has 4 rings (SSSR count). The number of fused-ring (bicyclic) bond motifs is 1. The van der Waals surface area contributed by atoms with Gasteiger partial charge in [-0.1, -0.05) is 57.5 Å². The molecule has 1 saturated carbocycles. The zero-order chi connectivity index (χ0) is 23.4. The Bertz CT molecular complexity index is 1100. The van der Waals surface area contributed by atoms with E-state index in [1.165, 1.54) is 49.3 Å². The van der Waals surface area contributed by atoms with Gasteiger partial charge in [-0.3, -0.25) is 4.79 Å². The quantitative estimate of drug-likeness (QED) is 0.432. The molecule has 5 heteroatoms. The highest BCUT2D eigenvalue weighted by Crippen LogP contribution is 2.40. The molecule has 3 N–H and O–H groups in total. The van der Waals surface area contributed by atoms with E-state index in [4.69, 9.17) is 10.5 Å². The molecule has 1 amide bonds. The fraction of sp³-hybridized carbons (Fsp3) is 0.429. The first-order valence-corrected chi connectivity index (χ1v) is 12.0. The van der Waals surface area contributed by atoms with Crippen molar-refractivity contribution in [3.05, 3.63) is 65.9 Å². The number of hydrogen-bond acceptors (Lipinski definition) is 4. The van der Waals surface area contributed by atoms with Crippen molar-refractivity contribution < 1.29 is 9.53 Å². The van der Waals surface area contributed by atoms with Crippen molar-refractivity contribution >= 4 is 16.7 Å². The third-order valence-corrected chi connectivity index (χ3v) is 7.53. The Hall–Kier alpha value is -2.92. The molecule has 0 atom stereocenters. The maximum Gasteiger partial charge on any atom is 0.250 e. The van der Waals surface area contributed by atoms with Gasteiger partial charge in [-0.15, -0.1) is 0 Å². The number of pyridine rings is 1. The first-order chi connectivity index (χ1) is 15.9. The zero-order valence-electron chi connectivity index (χ0n) is 19.9. The van der Waals surface area contributed by atoms with Gasteiger partial charge in [0.05, 0.1) is 5.56 Å². The second kappa shape index (κ2) is 9.92. The number of aromatic nitrogens is 1. The first-order valence-electron chi connectivity index (χ1n) is 12.0. The van der Waals surface area contributed by atoms with Crippen LogP contribution in [0.5, 0.6) is 11.6 Å². The normalized spacial score (nSPS) is 18.9. The van der Waals surface area contributed by atoms with Gasteiger partial charge >= 0.3 is 0 Å². The molecule has 2 aromatic carbocycles. The summed E-state index contributed by atoms with van der Waals surface area (Å²) in [4.78, 5) is 15.5. The molecule has 0 bridgehead atoms. The molecule has 5 nitrogen and oxygen atoms in total. The second-order valence-electron chi connectivity index (χ2n) is 9.89. The van der Waals surface area contributed by atoms with E-state index < -0.39 is 5.91 Å². The molecular weight excluding hydrogens is 410 g/mol. The topological polar surface area (TPSA) is 77.2 Å². The smallest absolute Gasteiger partial charge is 0.250 e. The summed E-state index contributed by atoms with van der Waals surface area (Å²) in [6, 6.07) is 16.3. The number of primary amides is 1. The summed E-state index contributed by atoms with van der Waals surface area (Å²) in [5.41, 5.74) is 7.38. The van der Waals surface area contributed by atoms with Crippen LogP contribution in [-0.2, 0) is 6.54 Å². The lowest BCUT2D eigenvalue weighted by molar-refractivity contribution is 0.1000. The van der Waals surface area contributed by atoms with Gasteiger partial charge in [-0.2, -0.15) is 0 Å². The van der Waals surface area contributed by atoms with Crippen LogP contribution in [0.2, 0.25) is 0 Å². The molecule has 1 aromatic heterocycles. The fourth-order valence-electron chi connectivity index (χ4n) is 4.91. The van der Waals surface area contributed by atoms with E-state index >= 15 is 0 Å². The summed E-state index contributed by atoms with van der Waals surface area (Å²) in [5, 5.41) is 6.03. The van der Waals surface area contributed by atoms with Gasteiger partial charge in [0, 0.05) is 30.2 Å². The number of benzene rings is 2. The minimum Gasteiger partial charge on any atom is -0.438 e. The van der Waals surface area contributed by atoms with E-state index in [0.717, 1.165) is 23.6 Å². The molecule has 3 aromatic rings. The number of nitrogens with zero attached hydrogens (tertiary/aromatic N) is 1. The number of carbonyl (C=O) groups excluding carboxylic acids is 1. The summed E-state index contributed by atoms with van der Waals surface area (Å²) < 4.78 is 6.05. The molecule has 174 valence electrons. The van der Waals surface area contributed by atoms with Gasteiger partial charge in [0.1, 0.15) is 5.75 Å². The highest BCUT2D eigenvalue weighted by Gasteiger charge is 2.31. The number of rotatable bonds is 8. The lowest BCUT2D eigenvalue weighted by Gasteiger charge is -2.39. The van der Waals surface area contributed by atoms with Gasteiger partial charge in [0.2, 0.25) is 11.8 Å². The summed E-state index contributed by atoms with van der Waals surface area (Å²) in [6.07, 6.45) is 7.82. The minimum absolute atomic E-state index is 0.362. The van der Waals surface area contributed by atoms with Crippen molar-refractivity contribution in [3.63, 3.8) is 0 Å². The van der Waals surface area contributed by atoms with Gasteiger partial charge in [0.15, 0.2) is 0 Å². The highest BCUT2D eigenvalue weighted by atomic mass is 16.5. The Balaban J connectivity index is 1.44. The van der Waals surface area contributed by atoms with Crippen molar-refractivity contribution in [1.29, 1.82) is 0 Å². The standard InChI is InChI=1S/C28H35N3O2/c1-4-28(2,3)21-12-14-22(15-13-21)30-17-19-7-5-9-24-23(19)8-6-10-25(24)33-26-16-11-20(18-31-26)27(29)32/h5-11,16,18,21-22,30H,4,12-15,17H2,1-3H3,(H2,29,32). The third-order valence-electron chi connectivity index (χ3n) is 7.53. The van der Waals surface area contributed by atoms with Crippen LogP contribution in [0.1, 0.15) is 68.8 Å².